The Labute approximate surface area is 126 Å². The summed E-state index contributed by atoms with van der Waals surface area (Å²) in [6.45, 7) is 2.30. The summed E-state index contributed by atoms with van der Waals surface area (Å²) in [5, 5.41) is 1.38. The monoisotopic (exact) mass is 300 g/mol. The van der Waals surface area contributed by atoms with E-state index in [1.54, 1.807) is 18.2 Å². The molecule has 3 rings (SSSR count). The molecule has 3 aromatic rings. The highest BCUT2D eigenvalue weighted by atomic mass is 35.5. The second kappa shape index (κ2) is 5.62. The van der Waals surface area contributed by atoms with Crippen LogP contribution in [-0.4, -0.2) is 0 Å². The van der Waals surface area contributed by atoms with Gasteiger partial charge in [0.2, 0.25) is 0 Å². The van der Waals surface area contributed by atoms with Crippen LogP contribution in [0.1, 0.15) is 11.1 Å². The Morgan fingerprint density at radius 2 is 1.86 bits per heavy atom. The van der Waals surface area contributed by atoms with Crippen LogP contribution in [0.2, 0.25) is 5.02 Å². The standard InChI is InChI=1S/C17H13ClO3/c1-11-2-5-14(6-3-11)20-10-12-8-17(19)21-16-7-4-13(18)9-15(12)16/h2-9H,10H2,1H3. The molecular weight excluding hydrogens is 288 g/mol. The van der Waals surface area contributed by atoms with E-state index in [-0.39, 0.29) is 6.61 Å². The van der Waals surface area contributed by atoms with Crippen LogP contribution in [0.25, 0.3) is 11.0 Å². The van der Waals surface area contributed by atoms with Crippen LogP contribution in [0.5, 0.6) is 5.75 Å². The van der Waals surface area contributed by atoms with E-state index in [9.17, 15) is 4.79 Å². The van der Waals surface area contributed by atoms with E-state index >= 15 is 0 Å². The fourth-order valence-corrected chi connectivity index (χ4v) is 2.29. The molecule has 4 heteroatoms. The average Bonchev–Trinajstić information content (AvgIpc) is 2.47. The molecule has 0 amide bonds. The Hall–Kier alpha value is -2.26. The van der Waals surface area contributed by atoms with E-state index in [4.69, 9.17) is 20.8 Å². The molecule has 0 N–H and O–H groups in total. The summed E-state index contributed by atoms with van der Waals surface area (Å²) in [6, 6.07) is 14.3. The van der Waals surface area contributed by atoms with Gasteiger partial charge in [-0.25, -0.2) is 4.79 Å². The molecule has 0 aliphatic heterocycles. The van der Waals surface area contributed by atoms with E-state index in [1.165, 1.54) is 11.6 Å². The molecule has 21 heavy (non-hydrogen) atoms. The SMILES string of the molecule is Cc1ccc(OCc2cc(=O)oc3ccc(Cl)cc23)cc1. The van der Waals surface area contributed by atoms with Gasteiger partial charge in [-0.1, -0.05) is 29.3 Å². The Morgan fingerprint density at radius 3 is 2.62 bits per heavy atom. The minimum absolute atomic E-state index is 0.283. The van der Waals surface area contributed by atoms with Crippen LogP contribution >= 0.6 is 11.6 Å². The zero-order chi connectivity index (χ0) is 14.8. The number of halogens is 1. The molecule has 0 aliphatic carbocycles. The summed E-state index contributed by atoms with van der Waals surface area (Å²) >= 11 is 6.00. The van der Waals surface area contributed by atoms with Crippen LogP contribution in [0.3, 0.4) is 0 Å². The summed E-state index contributed by atoms with van der Waals surface area (Å²) in [7, 11) is 0. The van der Waals surface area contributed by atoms with Gasteiger partial charge in [0, 0.05) is 22.0 Å². The molecule has 0 unspecified atom stereocenters. The van der Waals surface area contributed by atoms with Gasteiger partial charge in [0.25, 0.3) is 0 Å². The third-order valence-electron chi connectivity index (χ3n) is 3.21. The van der Waals surface area contributed by atoms with Crippen molar-refractivity contribution in [2.75, 3.05) is 0 Å². The van der Waals surface area contributed by atoms with E-state index in [2.05, 4.69) is 0 Å². The molecule has 0 saturated heterocycles. The number of rotatable bonds is 3. The van der Waals surface area contributed by atoms with E-state index in [1.807, 2.05) is 31.2 Å². The first kappa shape index (κ1) is 13.7. The number of fused-ring (bicyclic) bond motifs is 1. The van der Waals surface area contributed by atoms with Gasteiger partial charge in [0.05, 0.1) is 0 Å². The van der Waals surface area contributed by atoms with Crippen LogP contribution < -0.4 is 10.4 Å². The fourth-order valence-electron chi connectivity index (χ4n) is 2.11. The van der Waals surface area contributed by atoms with Crippen LogP contribution in [-0.2, 0) is 6.61 Å². The summed E-state index contributed by atoms with van der Waals surface area (Å²) in [6.07, 6.45) is 0. The van der Waals surface area contributed by atoms with Crippen molar-refractivity contribution < 1.29 is 9.15 Å². The predicted molar refractivity (Wildman–Crippen MR) is 83.0 cm³/mol. The zero-order valence-corrected chi connectivity index (χ0v) is 12.2. The van der Waals surface area contributed by atoms with Crippen molar-refractivity contribution in [3.05, 3.63) is 75.1 Å². The molecule has 1 aromatic heterocycles. The lowest BCUT2D eigenvalue weighted by atomic mass is 10.1. The maximum absolute atomic E-state index is 11.6. The van der Waals surface area contributed by atoms with Crippen molar-refractivity contribution in [1.82, 2.24) is 0 Å². The maximum atomic E-state index is 11.6. The van der Waals surface area contributed by atoms with Gasteiger partial charge in [0.1, 0.15) is 17.9 Å². The second-order valence-corrected chi connectivity index (χ2v) is 5.27. The fraction of sp³-hybridized carbons (Fsp3) is 0.118. The van der Waals surface area contributed by atoms with Gasteiger partial charge >= 0.3 is 5.63 Å². The van der Waals surface area contributed by atoms with Crippen LogP contribution in [0, 0.1) is 6.92 Å². The lowest BCUT2D eigenvalue weighted by Gasteiger charge is -2.08. The quantitative estimate of drug-likeness (QED) is 0.676. The maximum Gasteiger partial charge on any atom is 0.336 e. The van der Waals surface area contributed by atoms with Crippen molar-refractivity contribution in [2.45, 2.75) is 13.5 Å². The van der Waals surface area contributed by atoms with Gasteiger partial charge in [-0.15, -0.1) is 0 Å². The third-order valence-corrected chi connectivity index (χ3v) is 3.44. The molecule has 0 radical (unpaired) electrons. The normalized spacial score (nSPS) is 10.8. The van der Waals surface area contributed by atoms with Crippen molar-refractivity contribution in [3.63, 3.8) is 0 Å². The van der Waals surface area contributed by atoms with Crippen molar-refractivity contribution >= 4 is 22.6 Å². The molecule has 2 aromatic carbocycles. The average molecular weight is 301 g/mol. The molecular formula is C17H13ClO3. The largest absolute Gasteiger partial charge is 0.489 e. The second-order valence-electron chi connectivity index (χ2n) is 4.83. The summed E-state index contributed by atoms with van der Waals surface area (Å²) in [5.74, 6) is 0.754. The lowest BCUT2D eigenvalue weighted by molar-refractivity contribution is 0.306. The Balaban J connectivity index is 1.94. The summed E-state index contributed by atoms with van der Waals surface area (Å²) in [5.41, 5.74) is 2.03. The highest BCUT2D eigenvalue weighted by Gasteiger charge is 2.07. The topological polar surface area (TPSA) is 39.4 Å². The number of aryl methyl sites for hydroxylation is 1. The molecule has 0 spiro atoms. The van der Waals surface area contributed by atoms with Gasteiger partial charge in [0.15, 0.2) is 0 Å². The molecule has 0 aliphatic rings. The molecule has 0 fully saturated rings. The third kappa shape index (κ3) is 3.09. The highest BCUT2D eigenvalue weighted by molar-refractivity contribution is 6.31. The highest BCUT2D eigenvalue weighted by Crippen LogP contribution is 2.23. The minimum Gasteiger partial charge on any atom is -0.489 e. The van der Waals surface area contributed by atoms with Gasteiger partial charge < -0.3 is 9.15 Å². The Morgan fingerprint density at radius 1 is 1.10 bits per heavy atom. The lowest BCUT2D eigenvalue weighted by Crippen LogP contribution is -2.04. The van der Waals surface area contributed by atoms with Crippen LogP contribution in [0.15, 0.2) is 57.7 Å². The molecule has 106 valence electrons. The molecule has 0 saturated carbocycles. The van der Waals surface area contributed by atoms with Crippen molar-refractivity contribution in [2.24, 2.45) is 0 Å². The first-order chi connectivity index (χ1) is 10.1. The van der Waals surface area contributed by atoms with E-state index < -0.39 is 5.63 Å². The number of benzene rings is 2. The zero-order valence-electron chi connectivity index (χ0n) is 11.4. The van der Waals surface area contributed by atoms with Crippen LogP contribution in [0.4, 0.5) is 0 Å². The van der Waals surface area contributed by atoms with Gasteiger partial charge in [-0.05, 0) is 37.3 Å². The van der Waals surface area contributed by atoms with E-state index in [0.29, 0.717) is 10.6 Å². The Kier molecular flexibility index (Phi) is 3.67. The van der Waals surface area contributed by atoms with Gasteiger partial charge in [-0.3, -0.25) is 0 Å². The number of hydrogen-bond donors (Lipinski definition) is 0. The predicted octanol–water partition coefficient (Wildman–Crippen LogP) is 4.33. The van der Waals surface area contributed by atoms with Gasteiger partial charge in [-0.2, -0.15) is 0 Å². The molecule has 1 heterocycles. The van der Waals surface area contributed by atoms with E-state index in [0.717, 1.165) is 16.7 Å². The number of ether oxygens (including phenoxy) is 1. The minimum atomic E-state index is -0.396. The smallest absolute Gasteiger partial charge is 0.336 e. The first-order valence-electron chi connectivity index (χ1n) is 6.53. The van der Waals surface area contributed by atoms with Crippen molar-refractivity contribution in [1.29, 1.82) is 0 Å². The first-order valence-corrected chi connectivity index (χ1v) is 6.91. The van der Waals surface area contributed by atoms with Crippen molar-refractivity contribution in [3.8, 4) is 5.75 Å². The molecule has 0 atom stereocenters. The molecule has 3 nitrogen and oxygen atoms in total. The summed E-state index contributed by atoms with van der Waals surface area (Å²) in [4.78, 5) is 11.6. The summed E-state index contributed by atoms with van der Waals surface area (Å²) < 4.78 is 10.9. The number of hydrogen-bond acceptors (Lipinski definition) is 3. The Bertz CT molecular complexity index is 835. The molecule has 0 bridgehead atoms.